The summed E-state index contributed by atoms with van der Waals surface area (Å²) in [6.07, 6.45) is 1.92. The Bertz CT molecular complexity index is 551. The number of amidine groups is 1. The topological polar surface area (TPSA) is 28.1 Å². The first-order valence-corrected chi connectivity index (χ1v) is 8.60. The van der Waals surface area contributed by atoms with E-state index < -0.39 is 11.2 Å². The fraction of sp³-hybridized carbons (Fsp3) is 0.812. The molecule has 2 fully saturated rings. The monoisotopic (exact) mass is 347 g/mol. The van der Waals surface area contributed by atoms with Gasteiger partial charge in [-0.15, -0.1) is 0 Å². The average Bonchev–Trinajstić information content (AvgIpc) is 3.07. The van der Waals surface area contributed by atoms with Crippen LogP contribution in [-0.2, 0) is 4.74 Å². The molecule has 2 saturated heterocycles. The van der Waals surface area contributed by atoms with Gasteiger partial charge >= 0.3 is 0 Å². The summed E-state index contributed by atoms with van der Waals surface area (Å²) in [7, 11) is 1.73. The van der Waals surface area contributed by atoms with Gasteiger partial charge in [-0.1, -0.05) is 18.5 Å². The maximum absolute atomic E-state index is 14.0. The largest absolute Gasteiger partial charge is 0.463 e. The minimum atomic E-state index is -1.05. The molecule has 3 aliphatic rings. The second-order valence-corrected chi connectivity index (χ2v) is 7.61. The Morgan fingerprint density at radius 1 is 1.52 bits per heavy atom. The molecule has 3 aliphatic heterocycles. The maximum Gasteiger partial charge on any atom is 0.294 e. The van der Waals surface area contributed by atoms with E-state index in [4.69, 9.17) is 16.3 Å². The Kier molecular flexibility index (Phi) is 4.34. The summed E-state index contributed by atoms with van der Waals surface area (Å²) >= 11 is 6.44. The van der Waals surface area contributed by atoms with Crippen LogP contribution in [-0.4, -0.2) is 59.3 Å². The molecule has 3 atom stereocenters. The summed E-state index contributed by atoms with van der Waals surface area (Å²) in [5.41, 5.74) is -0.0453. The van der Waals surface area contributed by atoms with Crippen LogP contribution in [0.2, 0.25) is 0 Å². The number of aliphatic imine (C=N–C) groups is 1. The minimum absolute atomic E-state index is 0.203. The van der Waals surface area contributed by atoms with E-state index in [2.05, 4.69) is 9.89 Å². The van der Waals surface area contributed by atoms with Crippen LogP contribution >= 0.6 is 11.6 Å². The summed E-state index contributed by atoms with van der Waals surface area (Å²) in [4.78, 5) is 7.02. The van der Waals surface area contributed by atoms with Crippen LogP contribution in [0, 0.1) is 0 Å². The number of halogens is 3. The van der Waals surface area contributed by atoms with Crippen molar-refractivity contribution in [3.63, 3.8) is 0 Å². The number of allylic oxidation sites excluding steroid dienone is 1. The van der Waals surface area contributed by atoms with Crippen molar-refractivity contribution in [2.24, 2.45) is 4.99 Å². The van der Waals surface area contributed by atoms with Crippen molar-refractivity contribution in [3.8, 4) is 0 Å². The molecule has 3 rings (SSSR count). The molecule has 0 bridgehead atoms. The van der Waals surface area contributed by atoms with E-state index in [1.807, 2.05) is 0 Å². The Morgan fingerprint density at radius 3 is 2.96 bits per heavy atom. The summed E-state index contributed by atoms with van der Waals surface area (Å²) in [5.74, 6) is -0.335. The number of nitrogens with zero attached hydrogens (tertiary/aromatic N) is 3. The zero-order valence-corrected chi connectivity index (χ0v) is 14.7. The normalized spacial score (nSPS) is 39.7. The first-order chi connectivity index (χ1) is 10.8. The van der Waals surface area contributed by atoms with Crippen LogP contribution in [0.4, 0.5) is 8.78 Å². The fourth-order valence-electron chi connectivity index (χ4n) is 3.86. The van der Waals surface area contributed by atoms with Crippen LogP contribution in [0.5, 0.6) is 0 Å². The molecule has 0 N–H and O–H groups in total. The Hall–Kier alpha value is -0.880. The number of ether oxygens (including phenoxy) is 1. The smallest absolute Gasteiger partial charge is 0.294 e. The molecular formula is C16H24ClF2N3O. The molecule has 0 saturated carbocycles. The molecule has 1 unspecified atom stereocenters. The highest BCUT2D eigenvalue weighted by Crippen LogP contribution is 2.42. The van der Waals surface area contributed by atoms with Crippen molar-refractivity contribution in [3.05, 3.63) is 11.5 Å². The third-order valence-electron chi connectivity index (χ3n) is 5.35. The van der Waals surface area contributed by atoms with Crippen LogP contribution in [0.15, 0.2) is 16.5 Å². The van der Waals surface area contributed by atoms with Gasteiger partial charge in [-0.25, -0.2) is 8.78 Å². The maximum atomic E-state index is 14.0. The summed E-state index contributed by atoms with van der Waals surface area (Å²) in [6, 6.07) is 0.310. The Labute approximate surface area is 141 Å². The van der Waals surface area contributed by atoms with Crippen molar-refractivity contribution in [2.45, 2.75) is 56.2 Å². The standard InChI is InChI=1S/C16H24ClF2N3O/c1-4-12(19)13-15(2,17)21(3)14(20-13)23-10-16-6-5-7-22(16)9-11(18)8-16/h11H,4-10H2,1-3H3/b13-12-/t11-,15?,16+/m1/s1. The number of hydrogen-bond acceptors (Lipinski definition) is 4. The lowest BCUT2D eigenvalue weighted by Crippen LogP contribution is -2.45. The molecule has 130 valence electrons. The van der Waals surface area contributed by atoms with E-state index in [0.29, 0.717) is 25.6 Å². The lowest BCUT2D eigenvalue weighted by Gasteiger charge is -2.33. The molecule has 0 spiro atoms. The van der Waals surface area contributed by atoms with Crippen molar-refractivity contribution in [1.29, 1.82) is 0 Å². The number of fused-ring (bicyclic) bond motifs is 1. The highest BCUT2D eigenvalue weighted by molar-refractivity contribution is 6.27. The molecule has 0 aromatic heterocycles. The van der Waals surface area contributed by atoms with Crippen LogP contribution in [0.25, 0.3) is 0 Å². The number of likely N-dealkylation sites (N-methyl/N-ethyl adjacent to an activating group) is 1. The van der Waals surface area contributed by atoms with Crippen molar-refractivity contribution in [1.82, 2.24) is 9.80 Å². The summed E-state index contributed by atoms with van der Waals surface area (Å²) in [5, 5.41) is 0. The molecule has 23 heavy (non-hydrogen) atoms. The van der Waals surface area contributed by atoms with Crippen molar-refractivity contribution >= 4 is 17.6 Å². The molecule has 0 aromatic carbocycles. The van der Waals surface area contributed by atoms with E-state index in [9.17, 15) is 8.78 Å². The number of alkyl halides is 2. The average molecular weight is 348 g/mol. The van der Waals surface area contributed by atoms with E-state index in [-0.39, 0.29) is 23.5 Å². The predicted molar refractivity (Wildman–Crippen MR) is 86.9 cm³/mol. The molecule has 4 nitrogen and oxygen atoms in total. The Balaban J connectivity index is 1.76. The number of rotatable bonds is 3. The van der Waals surface area contributed by atoms with Crippen molar-refractivity contribution < 1.29 is 13.5 Å². The third kappa shape index (κ3) is 2.74. The van der Waals surface area contributed by atoms with E-state index >= 15 is 0 Å². The fourth-order valence-corrected chi connectivity index (χ4v) is 4.08. The summed E-state index contributed by atoms with van der Waals surface area (Å²) in [6.45, 7) is 5.18. The van der Waals surface area contributed by atoms with Gasteiger partial charge < -0.3 is 9.64 Å². The van der Waals surface area contributed by atoms with Gasteiger partial charge in [0.2, 0.25) is 0 Å². The lowest BCUT2D eigenvalue weighted by atomic mass is 9.95. The SMILES string of the molecule is CC/C(F)=C1/N=C(OC[C@@]23CCCN2C[C@H](F)C3)N(C)C1(C)Cl. The molecule has 0 aliphatic carbocycles. The van der Waals surface area contributed by atoms with Crippen LogP contribution in [0.3, 0.4) is 0 Å². The van der Waals surface area contributed by atoms with Gasteiger partial charge in [0, 0.05) is 20.0 Å². The van der Waals surface area contributed by atoms with Gasteiger partial charge in [0.15, 0.2) is 5.00 Å². The molecule has 0 amide bonds. The highest BCUT2D eigenvalue weighted by atomic mass is 35.5. The predicted octanol–water partition coefficient (Wildman–Crippen LogP) is 3.43. The highest BCUT2D eigenvalue weighted by Gasteiger charge is 2.50. The van der Waals surface area contributed by atoms with Gasteiger partial charge in [0.05, 0.1) is 5.54 Å². The molecule has 0 aromatic rings. The van der Waals surface area contributed by atoms with E-state index in [1.54, 1.807) is 25.8 Å². The van der Waals surface area contributed by atoms with Crippen LogP contribution in [0.1, 0.15) is 39.5 Å². The zero-order valence-electron chi connectivity index (χ0n) is 13.9. The second-order valence-electron chi connectivity index (χ2n) is 6.88. The minimum Gasteiger partial charge on any atom is -0.463 e. The van der Waals surface area contributed by atoms with Gasteiger partial charge in [-0.2, -0.15) is 4.99 Å². The lowest BCUT2D eigenvalue weighted by molar-refractivity contribution is 0.0938. The molecular weight excluding hydrogens is 324 g/mol. The quantitative estimate of drug-likeness (QED) is 0.578. The molecule has 3 heterocycles. The Morgan fingerprint density at radius 2 is 2.26 bits per heavy atom. The molecule has 0 radical (unpaired) electrons. The summed E-state index contributed by atoms with van der Waals surface area (Å²) < 4.78 is 33.7. The molecule has 7 heteroatoms. The van der Waals surface area contributed by atoms with Gasteiger partial charge in [-0.05, 0) is 32.7 Å². The van der Waals surface area contributed by atoms with Gasteiger partial charge in [0.25, 0.3) is 6.02 Å². The number of hydrogen-bond donors (Lipinski definition) is 0. The van der Waals surface area contributed by atoms with Crippen molar-refractivity contribution in [2.75, 3.05) is 26.7 Å². The zero-order chi connectivity index (χ0) is 16.8. The van der Waals surface area contributed by atoms with E-state index in [0.717, 1.165) is 19.4 Å². The first-order valence-electron chi connectivity index (χ1n) is 8.22. The first kappa shape index (κ1) is 17.0. The third-order valence-corrected chi connectivity index (χ3v) is 5.79. The van der Waals surface area contributed by atoms with E-state index in [1.165, 1.54) is 0 Å². The van der Waals surface area contributed by atoms with Gasteiger partial charge in [0.1, 0.15) is 24.3 Å². The van der Waals surface area contributed by atoms with Crippen LogP contribution < -0.4 is 0 Å². The second kappa shape index (κ2) is 5.88. The van der Waals surface area contributed by atoms with Gasteiger partial charge in [-0.3, -0.25) is 4.90 Å².